The number of aliphatic imine (C=N–C) groups is 1. The van der Waals surface area contributed by atoms with Crippen LogP contribution in [0, 0.1) is 0 Å². The number of nitrogens with zero attached hydrogens (tertiary/aromatic N) is 2. The lowest BCUT2D eigenvalue weighted by Gasteiger charge is -2.03. The van der Waals surface area contributed by atoms with Crippen LogP contribution in [0.4, 0.5) is 5.69 Å². The normalized spacial score (nSPS) is 12.0. The Morgan fingerprint density at radius 3 is 2.33 bits per heavy atom. The Morgan fingerprint density at radius 2 is 1.75 bits per heavy atom. The van der Waals surface area contributed by atoms with E-state index in [0.717, 1.165) is 4.47 Å². The van der Waals surface area contributed by atoms with Crippen LogP contribution in [0.15, 0.2) is 59.0 Å². The maximum absolute atomic E-state index is 12.0. The smallest absolute Gasteiger partial charge is 0.287 e. The first-order chi connectivity index (χ1) is 11.2. The van der Waals surface area contributed by atoms with E-state index in [2.05, 4.69) is 40.6 Å². The molecule has 2 aromatic rings. The fraction of sp³-hybridized carbons (Fsp3) is 0.133. The molecule has 0 atom stereocenters. The van der Waals surface area contributed by atoms with Crippen molar-refractivity contribution in [3.8, 4) is 5.75 Å². The highest BCUT2D eigenvalue weighted by Gasteiger charge is 2.12. The van der Waals surface area contributed by atoms with E-state index in [-0.39, 0.29) is 10.6 Å². The molecule has 0 aliphatic carbocycles. The molecule has 0 aromatic heterocycles. The van der Waals surface area contributed by atoms with Crippen LogP contribution in [0.3, 0.4) is 0 Å². The van der Waals surface area contributed by atoms with Crippen molar-refractivity contribution in [3.05, 3.63) is 50.9 Å². The van der Waals surface area contributed by atoms with Gasteiger partial charge in [-0.3, -0.25) is 4.99 Å². The van der Waals surface area contributed by atoms with E-state index >= 15 is 0 Å². The molecule has 0 unspecified atom stereocenters. The van der Waals surface area contributed by atoms with Crippen LogP contribution in [0.5, 0.6) is 5.75 Å². The second-order valence-electron chi connectivity index (χ2n) is 4.90. The maximum Gasteiger partial charge on any atom is 0.287 e. The summed E-state index contributed by atoms with van der Waals surface area (Å²) in [5.74, 6) is 0.0814. The van der Waals surface area contributed by atoms with Gasteiger partial charge in [0.05, 0.1) is 15.1 Å². The minimum absolute atomic E-state index is 0.0814. The largest absolute Gasteiger partial charge is 0.506 e. The van der Waals surface area contributed by atoms with Crippen LogP contribution in [0.2, 0.25) is 0 Å². The fourth-order valence-electron chi connectivity index (χ4n) is 1.77. The zero-order chi connectivity index (χ0) is 17.9. The van der Waals surface area contributed by atoms with Crippen molar-refractivity contribution in [2.24, 2.45) is 8.76 Å². The van der Waals surface area contributed by atoms with E-state index < -0.39 is 20.7 Å². The Balaban J connectivity index is 2.29. The van der Waals surface area contributed by atoms with Crippen molar-refractivity contribution in [2.75, 3.05) is 12.5 Å². The molecule has 0 amide bonds. The van der Waals surface area contributed by atoms with Gasteiger partial charge in [-0.05, 0) is 64.8 Å². The number of halogens is 2. The van der Waals surface area contributed by atoms with Gasteiger partial charge in [0.1, 0.15) is 5.75 Å². The fourth-order valence-corrected chi connectivity index (χ4v) is 5.42. The monoisotopic (exact) mass is 492 g/mol. The first-order valence-corrected chi connectivity index (χ1v) is 11.6. The lowest BCUT2D eigenvalue weighted by Crippen LogP contribution is -1.98. The molecule has 0 bridgehead atoms. The van der Waals surface area contributed by atoms with E-state index in [0.29, 0.717) is 15.7 Å². The predicted molar refractivity (Wildman–Crippen MR) is 106 cm³/mol. The quantitative estimate of drug-likeness (QED) is 0.640. The van der Waals surface area contributed by atoms with Gasteiger partial charge in [-0.25, -0.2) is 0 Å². The standard InChI is InChI=1S/C15H14Br2N2O3S2/c1-23(2)19-24(21,22)13-5-3-12(4-6-13)18-9-10-7-11(16)8-14(17)15(10)20/h3-9,20H,1-2H3. The van der Waals surface area contributed by atoms with Crippen molar-refractivity contribution in [2.45, 2.75) is 4.90 Å². The minimum Gasteiger partial charge on any atom is -0.506 e. The Morgan fingerprint density at radius 1 is 1.12 bits per heavy atom. The number of sulfonamides is 1. The highest BCUT2D eigenvalue weighted by atomic mass is 79.9. The Kier molecular flexibility index (Phi) is 6.35. The predicted octanol–water partition coefficient (Wildman–Crippen LogP) is 4.42. The highest BCUT2D eigenvalue weighted by molar-refractivity contribution is 9.11. The maximum atomic E-state index is 12.0. The van der Waals surface area contributed by atoms with Gasteiger partial charge in [-0.15, -0.1) is 3.77 Å². The van der Waals surface area contributed by atoms with Crippen molar-refractivity contribution < 1.29 is 13.5 Å². The molecule has 24 heavy (non-hydrogen) atoms. The van der Waals surface area contributed by atoms with E-state index in [1.165, 1.54) is 18.3 Å². The summed E-state index contributed by atoms with van der Waals surface area (Å²) in [5.41, 5.74) is 1.10. The number of phenols is 1. The molecule has 0 fully saturated rings. The first-order valence-electron chi connectivity index (χ1n) is 6.57. The number of hydrogen-bond acceptors (Lipinski definition) is 4. The van der Waals surface area contributed by atoms with Gasteiger partial charge in [0.15, 0.2) is 0 Å². The van der Waals surface area contributed by atoms with Crippen molar-refractivity contribution >= 4 is 64.5 Å². The molecule has 9 heteroatoms. The summed E-state index contributed by atoms with van der Waals surface area (Å²) >= 11 is 6.60. The molecule has 0 aliphatic heterocycles. The van der Waals surface area contributed by atoms with Gasteiger partial charge in [-0.2, -0.15) is 8.42 Å². The Hall–Kier alpha value is -1.03. The van der Waals surface area contributed by atoms with E-state index in [1.54, 1.807) is 36.8 Å². The number of aromatic hydroxyl groups is 1. The molecule has 5 nitrogen and oxygen atoms in total. The molecular formula is C15H14Br2N2O3S2. The minimum atomic E-state index is -3.63. The number of benzene rings is 2. The lowest BCUT2D eigenvalue weighted by molar-refractivity contribution is 0.471. The average Bonchev–Trinajstić information content (AvgIpc) is 2.48. The summed E-state index contributed by atoms with van der Waals surface area (Å²) in [6.45, 7) is 0. The van der Waals surface area contributed by atoms with E-state index in [9.17, 15) is 13.5 Å². The summed E-state index contributed by atoms with van der Waals surface area (Å²) in [5, 5.41) is 9.98. The number of rotatable bonds is 4. The first kappa shape index (κ1) is 19.3. The topological polar surface area (TPSA) is 79.1 Å². The zero-order valence-corrected chi connectivity index (χ0v) is 17.6. The Bertz CT molecular complexity index is 920. The molecule has 0 spiro atoms. The summed E-state index contributed by atoms with van der Waals surface area (Å²) in [7, 11) is -4.18. The second-order valence-corrected chi connectivity index (χ2v) is 10.2. The number of hydrogen-bond donors (Lipinski definition) is 1. The Labute approximate surface area is 160 Å². The summed E-state index contributed by atoms with van der Waals surface area (Å²) in [4.78, 5) is 4.39. The molecule has 0 aliphatic rings. The van der Waals surface area contributed by atoms with E-state index in [1.807, 2.05) is 0 Å². The summed E-state index contributed by atoms with van der Waals surface area (Å²) in [6, 6.07) is 9.57. The summed E-state index contributed by atoms with van der Waals surface area (Å²) in [6.07, 6.45) is 4.98. The van der Waals surface area contributed by atoms with Crippen LogP contribution in [-0.4, -0.2) is 32.3 Å². The van der Waals surface area contributed by atoms with Crippen molar-refractivity contribution in [3.63, 3.8) is 0 Å². The average molecular weight is 494 g/mol. The van der Waals surface area contributed by atoms with Gasteiger partial charge >= 0.3 is 0 Å². The lowest BCUT2D eigenvalue weighted by atomic mass is 10.2. The van der Waals surface area contributed by atoms with Crippen LogP contribution in [0.25, 0.3) is 0 Å². The molecule has 128 valence electrons. The van der Waals surface area contributed by atoms with Gasteiger partial charge in [0, 0.05) is 16.3 Å². The van der Waals surface area contributed by atoms with Gasteiger partial charge < -0.3 is 5.11 Å². The SMILES string of the molecule is CS(C)=NS(=O)(=O)c1ccc(N=Cc2cc(Br)cc(Br)c2O)cc1. The molecule has 0 saturated heterocycles. The zero-order valence-electron chi connectivity index (χ0n) is 12.8. The highest BCUT2D eigenvalue weighted by Crippen LogP contribution is 2.31. The molecule has 0 saturated carbocycles. The van der Waals surface area contributed by atoms with Crippen molar-refractivity contribution in [1.29, 1.82) is 0 Å². The van der Waals surface area contributed by atoms with Crippen LogP contribution >= 0.6 is 31.9 Å². The second kappa shape index (κ2) is 7.90. The third kappa shape index (κ3) is 4.98. The molecule has 0 radical (unpaired) electrons. The molecule has 1 N–H and O–H groups in total. The summed E-state index contributed by atoms with van der Waals surface area (Å²) < 4.78 is 29.1. The number of phenolic OH excluding ortho intramolecular Hbond substituents is 1. The van der Waals surface area contributed by atoms with Gasteiger partial charge in [0.25, 0.3) is 10.0 Å². The van der Waals surface area contributed by atoms with E-state index in [4.69, 9.17) is 0 Å². The van der Waals surface area contributed by atoms with Gasteiger partial charge in [0.2, 0.25) is 0 Å². The third-order valence-corrected chi connectivity index (χ3v) is 6.70. The third-order valence-electron chi connectivity index (χ3n) is 2.79. The van der Waals surface area contributed by atoms with Crippen LogP contribution < -0.4 is 0 Å². The van der Waals surface area contributed by atoms with Crippen LogP contribution in [-0.2, 0) is 20.7 Å². The molecule has 0 heterocycles. The van der Waals surface area contributed by atoms with Crippen molar-refractivity contribution in [1.82, 2.24) is 0 Å². The molecule has 2 aromatic carbocycles. The molecular weight excluding hydrogens is 480 g/mol. The van der Waals surface area contributed by atoms with Crippen LogP contribution in [0.1, 0.15) is 5.56 Å². The molecule has 2 rings (SSSR count). The van der Waals surface area contributed by atoms with Gasteiger partial charge in [-0.1, -0.05) is 26.6 Å².